The summed E-state index contributed by atoms with van der Waals surface area (Å²) in [6.45, 7) is 5.16. The zero-order valence-electron chi connectivity index (χ0n) is 11.8. The molecule has 6 heteroatoms. The van der Waals surface area contributed by atoms with Gasteiger partial charge in [-0.15, -0.1) is 11.3 Å². The molecule has 2 fully saturated rings. The van der Waals surface area contributed by atoms with Crippen molar-refractivity contribution < 1.29 is 8.42 Å². The lowest BCUT2D eigenvalue weighted by Gasteiger charge is -2.15. The molecule has 0 amide bonds. The summed E-state index contributed by atoms with van der Waals surface area (Å²) in [6.07, 6.45) is 3.68. The first kappa shape index (κ1) is 14.5. The molecule has 112 valence electrons. The van der Waals surface area contributed by atoms with Crippen LogP contribution in [0.1, 0.15) is 31.1 Å². The van der Waals surface area contributed by atoms with E-state index in [1.165, 1.54) is 30.6 Å². The number of fused-ring (bicyclic) bond motifs is 1. The Hall–Kier alpha value is -0.430. The van der Waals surface area contributed by atoms with Crippen LogP contribution in [0.25, 0.3) is 0 Å². The zero-order chi connectivity index (χ0) is 14.2. The van der Waals surface area contributed by atoms with Crippen molar-refractivity contribution in [2.75, 3.05) is 19.6 Å². The molecule has 1 saturated heterocycles. The van der Waals surface area contributed by atoms with Gasteiger partial charge < -0.3 is 5.32 Å². The van der Waals surface area contributed by atoms with E-state index in [1.807, 2.05) is 13.0 Å². The average Bonchev–Trinajstić information content (AvgIpc) is 3.10. The summed E-state index contributed by atoms with van der Waals surface area (Å²) in [4.78, 5) is 1.09. The Labute approximate surface area is 125 Å². The van der Waals surface area contributed by atoms with Gasteiger partial charge in [0, 0.05) is 24.5 Å². The fourth-order valence-electron chi connectivity index (χ4n) is 3.36. The quantitative estimate of drug-likeness (QED) is 0.907. The summed E-state index contributed by atoms with van der Waals surface area (Å²) in [5, 5.41) is 3.23. The lowest BCUT2D eigenvalue weighted by molar-refractivity contribution is 0.447. The summed E-state index contributed by atoms with van der Waals surface area (Å²) in [5.74, 6) is 1.21. The van der Waals surface area contributed by atoms with Crippen LogP contribution in [0.15, 0.2) is 16.3 Å². The van der Waals surface area contributed by atoms with Crippen molar-refractivity contribution in [3.63, 3.8) is 0 Å². The van der Waals surface area contributed by atoms with Crippen molar-refractivity contribution in [2.45, 2.75) is 36.9 Å². The molecule has 1 N–H and O–H groups in total. The minimum Gasteiger partial charge on any atom is -0.312 e. The lowest BCUT2D eigenvalue weighted by atomic mass is 10.0. The van der Waals surface area contributed by atoms with E-state index < -0.39 is 10.0 Å². The molecule has 4 nitrogen and oxygen atoms in total. The van der Waals surface area contributed by atoms with Crippen molar-refractivity contribution in [3.05, 3.63) is 17.0 Å². The highest BCUT2D eigenvalue weighted by atomic mass is 32.2. The Morgan fingerprint density at radius 2 is 2.00 bits per heavy atom. The van der Waals surface area contributed by atoms with Gasteiger partial charge in [-0.2, -0.15) is 4.31 Å². The monoisotopic (exact) mass is 314 g/mol. The topological polar surface area (TPSA) is 49.4 Å². The van der Waals surface area contributed by atoms with E-state index >= 15 is 0 Å². The van der Waals surface area contributed by atoms with E-state index in [9.17, 15) is 8.42 Å². The van der Waals surface area contributed by atoms with Gasteiger partial charge in [-0.3, -0.25) is 0 Å². The Morgan fingerprint density at radius 1 is 1.30 bits per heavy atom. The second kappa shape index (κ2) is 5.75. The standard InChI is InChI=1S/C14H22N2O2S2/c1-2-15-8-13-6-7-14(19-13)20(17,18)16-9-11-4-3-5-12(11)10-16/h6-7,11-12,15H,2-5,8-10H2,1H3. The number of hydrogen-bond acceptors (Lipinski definition) is 4. The highest BCUT2D eigenvalue weighted by molar-refractivity contribution is 7.91. The van der Waals surface area contributed by atoms with Crippen LogP contribution in [0, 0.1) is 11.8 Å². The van der Waals surface area contributed by atoms with E-state index in [2.05, 4.69) is 5.32 Å². The predicted molar refractivity (Wildman–Crippen MR) is 81.3 cm³/mol. The SMILES string of the molecule is CCNCc1ccc(S(=O)(=O)N2CC3CCCC3C2)s1. The molecule has 1 aliphatic heterocycles. The minimum atomic E-state index is -3.26. The molecule has 1 saturated carbocycles. The predicted octanol–water partition coefficient (Wildman–Crippen LogP) is 2.28. The van der Waals surface area contributed by atoms with Crippen LogP contribution in [-0.2, 0) is 16.6 Å². The largest absolute Gasteiger partial charge is 0.312 e. The zero-order valence-corrected chi connectivity index (χ0v) is 13.5. The molecule has 0 bridgehead atoms. The van der Waals surface area contributed by atoms with Gasteiger partial charge in [-0.05, 0) is 43.4 Å². The highest BCUT2D eigenvalue weighted by Crippen LogP contribution is 2.40. The van der Waals surface area contributed by atoms with Crippen LogP contribution in [0.3, 0.4) is 0 Å². The lowest BCUT2D eigenvalue weighted by Crippen LogP contribution is -2.29. The number of nitrogens with zero attached hydrogens (tertiary/aromatic N) is 1. The summed E-state index contributed by atoms with van der Waals surface area (Å²) < 4.78 is 27.6. The fourth-order valence-corrected chi connectivity index (χ4v) is 6.39. The number of thiophene rings is 1. The molecule has 2 unspecified atom stereocenters. The van der Waals surface area contributed by atoms with Crippen LogP contribution < -0.4 is 5.32 Å². The first-order valence-corrected chi connectivity index (χ1v) is 9.66. The summed E-state index contributed by atoms with van der Waals surface area (Å²) in [5.41, 5.74) is 0. The molecule has 2 heterocycles. The van der Waals surface area contributed by atoms with Crippen molar-refractivity contribution in [1.29, 1.82) is 0 Å². The number of hydrogen-bond donors (Lipinski definition) is 1. The molecule has 2 aliphatic rings. The van der Waals surface area contributed by atoms with E-state index in [4.69, 9.17) is 0 Å². The maximum Gasteiger partial charge on any atom is 0.252 e. The van der Waals surface area contributed by atoms with Crippen molar-refractivity contribution in [2.24, 2.45) is 11.8 Å². The van der Waals surface area contributed by atoms with Gasteiger partial charge in [0.05, 0.1) is 0 Å². The number of rotatable bonds is 5. The van der Waals surface area contributed by atoms with Gasteiger partial charge in [-0.1, -0.05) is 13.3 Å². The second-order valence-corrected chi connectivity index (χ2v) is 9.11. The van der Waals surface area contributed by atoms with Crippen LogP contribution in [0.5, 0.6) is 0 Å². The van der Waals surface area contributed by atoms with E-state index in [-0.39, 0.29) is 0 Å². The van der Waals surface area contributed by atoms with Crippen LogP contribution >= 0.6 is 11.3 Å². The van der Waals surface area contributed by atoms with Crippen LogP contribution in [0.4, 0.5) is 0 Å². The molecule has 0 radical (unpaired) electrons. The third kappa shape index (κ3) is 2.66. The second-order valence-electron chi connectivity index (χ2n) is 5.77. The molecule has 20 heavy (non-hydrogen) atoms. The number of nitrogens with one attached hydrogen (secondary N) is 1. The van der Waals surface area contributed by atoms with E-state index in [1.54, 1.807) is 10.4 Å². The maximum absolute atomic E-state index is 12.7. The summed E-state index contributed by atoms with van der Waals surface area (Å²) in [6, 6.07) is 3.69. The van der Waals surface area contributed by atoms with Gasteiger partial charge in [-0.25, -0.2) is 8.42 Å². The maximum atomic E-state index is 12.7. The third-order valence-corrected chi connectivity index (χ3v) is 7.86. The first-order valence-electron chi connectivity index (χ1n) is 7.41. The molecule has 0 spiro atoms. The van der Waals surface area contributed by atoms with Crippen molar-refractivity contribution in [1.82, 2.24) is 9.62 Å². The van der Waals surface area contributed by atoms with Crippen LogP contribution in [-0.4, -0.2) is 32.4 Å². The molecule has 3 rings (SSSR count). The van der Waals surface area contributed by atoms with Gasteiger partial charge >= 0.3 is 0 Å². The molecular formula is C14H22N2O2S2. The molecule has 1 aliphatic carbocycles. The van der Waals surface area contributed by atoms with Gasteiger partial charge in [0.1, 0.15) is 4.21 Å². The molecule has 2 atom stereocenters. The average molecular weight is 314 g/mol. The molecular weight excluding hydrogens is 292 g/mol. The molecule has 1 aromatic rings. The Morgan fingerprint density at radius 3 is 2.65 bits per heavy atom. The van der Waals surface area contributed by atoms with E-state index in [0.29, 0.717) is 16.0 Å². The van der Waals surface area contributed by atoms with Gasteiger partial charge in [0.25, 0.3) is 10.0 Å². The summed E-state index contributed by atoms with van der Waals surface area (Å²) in [7, 11) is -3.26. The fraction of sp³-hybridized carbons (Fsp3) is 0.714. The van der Waals surface area contributed by atoms with Crippen molar-refractivity contribution in [3.8, 4) is 0 Å². The third-order valence-electron chi connectivity index (χ3n) is 4.47. The molecule has 1 aromatic heterocycles. The van der Waals surface area contributed by atoms with Crippen LogP contribution in [0.2, 0.25) is 0 Å². The number of sulfonamides is 1. The Balaban J connectivity index is 1.73. The Bertz CT molecular complexity index is 555. The van der Waals surface area contributed by atoms with Gasteiger partial charge in [0.2, 0.25) is 0 Å². The molecule has 0 aromatic carbocycles. The van der Waals surface area contributed by atoms with Crippen molar-refractivity contribution >= 4 is 21.4 Å². The smallest absolute Gasteiger partial charge is 0.252 e. The van der Waals surface area contributed by atoms with Gasteiger partial charge in [0.15, 0.2) is 0 Å². The summed E-state index contributed by atoms with van der Waals surface area (Å²) >= 11 is 1.40. The Kier molecular flexibility index (Phi) is 4.17. The van der Waals surface area contributed by atoms with E-state index in [0.717, 1.165) is 31.1 Å². The minimum absolute atomic E-state index is 0.505. The highest BCUT2D eigenvalue weighted by Gasteiger charge is 2.41. The first-order chi connectivity index (χ1) is 9.61. The normalized spacial score (nSPS) is 27.1.